The molecule has 0 atom stereocenters. The maximum Gasteiger partial charge on any atom is 0.252 e. The van der Waals surface area contributed by atoms with Crippen molar-refractivity contribution in [3.05, 3.63) is 36.0 Å². The van der Waals surface area contributed by atoms with Crippen LogP contribution in [0.3, 0.4) is 0 Å². The normalized spacial score (nSPS) is 11.7. The van der Waals surface area contributed by atoms with Gasteiger partial charge in [-0.1, -0.05) is 6.07 Å². The number of methoxy groups -OCH3 is 1. The first-order chi connectivity index (χ1) is 8.53. The number of hydrogen-bond donors (Lipinski definition) is 2. The molecule has 4 nitrogen and oxygen atoms in total. The Hall–Kier alpha value is -1.81. The van der Waals surface area contributed by atoms with Crippen LogP contribution >= 0.6 is 0 Å². The van der Waals surface area contributed by atoms with Crippen molar-refractivity contribution in [3.8, 4) is 0 Å². The summed E-state index contributed by atoms with van der Waals surface area (Å²) >= 11 is 0. The van der Waals surface area contributed by atoms with Crippen molar-refractivity contribution in [2.45, 2.75) is 19.4 Å². The Labute approximate surface area is 106 Å². The first-order valence-electron chi connectivity index (χ1n) is 5.93. The van der Waals surface area contributed by atoms with E-state index in [-0.39, 0.29) is 11.5 Å². The second-order valence-corrected chi connectivity index (χ2v) is 4.89. The quantitative estimate of drug-likeness (QED) is 0.870. The number of ether oxygens (including phenoxy) is 1. The van der Waals surface area contributed by atoms with Crippen molar-refractivity contribution in [1.29, 1.82) is 0 Å². The van der Waals surface area contributed by atoms with Gasteiger partial charge in [0.15, 0.2) is 0 Å². The van der Waals surface area contributed by atoms with Crippen LogP contribution in [0.5, 0.6) is 0 Å². The number of hydrogen-bond acceptors (Lipinski definition) is 2. The van der Waals surface area contributed by atoms with Gasteiger partial charge in [0.2, 0.25) is 0 Å². The van der Waals surface area contributed by atoms with Gasteiger partial charge in [0.05, 0.1) is 5.60 Å². The summed E-state index contributed by atoms with van der Waals surface area (Å²) in [5, 5.41) is 3.83. The highest BCUT2D eigenvalue weighted by Gasteiger charge is 2.18. The highest BCUT2D eigenvalue weighted by atomic mass is 16.5. The Morgan fingerprint density at radius 1 is 1.39 bits per heavy atom. The number of carbonyl (C=O) groups excluding carboxylic acids is 1. The zero-order valence-corrected chi connectivity index (χ0v) is 10.9. The largest absolute Gasteiger partial charge is 0.377 e. The van der Waals surface area contributed by atoms with Crippen molar-refractivity contribution in [2.24, 2.45) is 0 Å². The van der Waals surface area contributed by atoms with Crippen LogP contribution < -0.4 is 5.32 Å². The van der Waals surface area contributed by atoms with E-state index in [4.69, 9.17) is 4.74 Å². The van der Waals surface area contributed by atoms with Crippen LogP contribution in [0.25, 0.3) is 10.9 Å². The number of amides is 1. The summed E-state index contributed by atoms with van der Waals surface area (Å²) in [5.74, 6) is -0.0784. The molecule has 0 radical (unpaired) electrons. The molecule has 0 aliphatic carbocycles. The van der Waals surface area contributed by atoms with Gasteiger partial charge < -0.3 is 15.0 Å². The summed E-state index contributed by atoms with van der Waals surface area (Å²) in [7, 11) is 1.64. The molecule has 1 heterocycles. The highest BCUT2D eigenvalue weighted by Crippen LogP contribution is 2.17. The summed E-state index contributed by atoms with van der Waals surface area (Å²) < 4.78 is 5.28. The van der Waals surface area contributed by atoms with Crippen LogP contribution in [0.15, 0.2) is 30.5 Å². The molecule has 0 spiro atoms. The Morgan fingerprint density at radius 3 is 2.89 bits per heavy atom. The fraction of sp³-hybridized carbons (Fsp3) is 0.357. The molecule has 0 unspecified atom stereocenters. The molecule has 1 aromatic heterocycles. The van der Waals surface area contributed by atoms with Crippen LogP contribution in [0, 0.1) is 0 Å². The molecule has 1 aromatic carbocycles. The van der Waals surface area contributed by atoms with Gasteiger partial charge in [0, 0.05) is 36.3 Å². The van der Waals surface area contributed by atoms with Gasteiger partial charge in [-0.3, -0.25) is 4.79 Å². The van der Waals surface area contributed by atoms with Crippen molar-refractivity contribution in [2.75, 3.05) is 13.7 Å². The fourth-order valence-electron chi connectivity index (χ4n) is 1.74. The van der Waals surface area contributed by atoms with Gasteiger partial charge in [-0.15, -0.1) is 0 Å². The van der Waals surface area contributed by atoms with Gasteiger partial charge in [-0.05, 0) is 32.0 Å². The van der Waals surface area contributed by atoms with Crippen LogP contribution in [0.4, 0.5) is 0 Å². The predicted molar refractivity (Wildman–Crippen MR) is 71.7 cm³/mol. The van der Waals surface area contributed by atoms with E-state index >= 15 is 0 Å². The van der Waals surface area contributed by atoms with E-state index in [1.165, 1.54) is 0 Å². The highest BCUT2D eigenvalue weighted by molar-refractivity contribution is 6.06. The maximum atomic E-state index is 12.1. The molecule has 4 heteroatoms. The van der Waals surface area contributed by atoms with Crippen molar-refractivity contribution in [3.63, 3.8) is 0 Å². The summed E-state index contributed by atoms with van der Waals surface area (Å²) in [5.41, 5.74) is 1.29. The van der Waals surface area contributed by atoms with Gasteiger partial charge in [-0.2, -0.15) is 0 Å². The summed E-state index contributed by atoms with van der Waals surface area (Å²) in [6.45, 7) is 4.34. The van der Waals surface area contributed by atoms with E-state index in [1.807, 2.05) is 44.3 Å². The number of carbonyl (C=O) groups is 1. The third kappa shape index (κ3) is 2.54. The van der Waals surface area contributed by atoms with Crippen LogP contribution in [-0.2, 0) is 4.74 Å². The van der Waals surface area contributed by atoms with E-state index in [2.05, 4.69) is 10.3 Å². The second-order valence-electron chi connectivity index (χ2n) is 4.89. The van der Waals surface area contributed by atoms with Crippen molar-refractivity contribution >= 4 is 16.8 Å². The van der Waals surface area contributed by atoms with E-state index < -0.39 is 0 Å². The number of fused-ring (bicyclic) bond motifs is 1. The van der Waals surface area contributed by atoms with E-state index in [9.17, 15) is 4.79 Å². The monoisotopic (exact) mass is 246 g/mol. The summed E-state index contributed by atoms with van der Waals surface area (Å²) in [4.78, 5) is 15.2. The lowest BCUT2D eigenvalue weighted by Gasteiger charge is -2.23. The molecule has 18 heavy (non-hydrogen) atoms. The molecule has 2 N–H and O–H groups in total. The first-order valence-corrected chi connectivity index (χ1v) is 5.93. The molecule has 0 bridgehead atoms. The molecule has 0 saturated carbocycles. The minimum Gasteiger partial charge on any atom is -0.377 e. The standard InChI is InChI=1S/C14H18N2O2/c1-14(2,18-3)9-16-13(17)11-5-4-6-12-10(11)7-8-15-12/h4-8,15H,9H2,1-3H3,(H,16,17). The van der Waals surface area contributed by atoms with E-state index in [0.717, 1.165) is 10.9 Å². The topological polar surface area (TPSA) is 54.1 Å². The number of nitrogens with one attached hydrogen (secondary N) is 2. The average molecular weight is 246 g/mol. The molecular weight excluding hydrogens is 228 g/mol. The average Bonchev–Trinajstić information content (AvgIpc) is 2.84. The molecule has 2 rings (SSSR count). The van der Waals surface area contributed by atoms with Gasteiger partial charge in [-0.25, -0.2) is 0 Å². The Balaban J connectivity index is 2.17. The molecule has 96 valence electrons. The zero-order valence-electron chi connectivity index (χ0n) is 10.9. The summed E-state index contributed by atoms with van der Waals surface area (Å²) in [6.07, 6.45) is 1.83. The van der Waals surface area contributed by atoms with Crippen molar-refractivity contribution in [1.82, 2.24) is 10.3 Å². The van der Waals surface area contributed by atoms with Crippen LogP contribution in [0.2, 0.25) is 0 Å². The van der Waals surface area contributed by atoms with E-state index in [1.54, 1.807) is 7.11 Å². The SMILES string of the molecule is COC(C)(C)CNC(=O)c1cccc2[nH]ccc12. The number of benzene rings is 1. The molecule has 0 saturated heterocycles. The Bertz CT molecular complexity index is 558. The van der Waals surface area contributed by atoms with Crippen LogP contribution in [-0.4, -0.2) is 30.1 Å². The maximum absolute atomic E-state index is 12.1. The zero-order chi connectivity index (χ0) is 13.2. The van der Waals surface area contributed by atoms with Gasteiger partial charge >= 0.3 is 0 Å². The Kier molecular flexibility index (Phi) is 3.39. The van der Waals surface area contributed by atoms with Gasteiger partial charge in [0.25, 0.3) is 5.91 Å². The number of rotatable bonds is 4. The minimum absolute atomic E-state index is 0.0784. The van der Waals surface area contributed by atoms with Crippen molar-refractivity contribution < 1.29 is 9.53 Å². The summed E-state index contributed by atoms with van der Waals surface area (Å²) in [6, 6.07) is 7.55. The molecule has 2 aromatic rings. The van der Waals surface area contributed by atoms with Crippen LogP contribution in [0.1, 0.15) is 24.2 Å². The van der Waals surface area contributed by atoms with E-state index in [0.29, 0.717) is 12.1 Å². The van der Waals surface area contributed by atoms with Gasteiger partial charge in [0.1, 0.15) is 0 Å². The molecular formula is C14H18N2O2. The third-order valence-electron chi connectivity index (χ3n) is 3.07. The lowest BCUT2D eigenvalue weighted by molar-refractivity contribution is 0.0229. The first kappa shape index (κ1) is 12.6. The molecule has 0 fully saturated rings. The second kappa shape index (κ2) is 4.82. The lowest BCUT2D eigenvalue weighted by atomic mass is 10.1. The molecule has 1 amide bonds. The fourth-order valence-corrected chi connectivity index (χ4v) is 1.74. The molecule has 0 aliphatic heterocycles. The number of H-pyrrole nitrogens is 1. The lowest BCUT2D eigenvalue weighted by Crippen LogP contribution is -2.39. The smallest absolute Gasteiger partial charge is 0.252 e. The third-order valence-corrected chi connectivity index (χ3v) is 3.07. The number of aromatic amines is 1. The minimum atomic E-state index is -0.359. The number of aromatic nitrogens is 1. The predicted octanol–water partition coefficient (Wildman–Crippen LogP) is 2.32. The Morgan fingerprint density at radius 2 is 2.17 bits per heavy atom. The molecule has 0 aliphatic rings.